The second-order valence-corrected chi connectivity index (χ2v) is 6.74. The van der Waals surface area contributed by atoms with Gasteiger partial charge in [-0.1, -0.05) is 25.8 Å². The third kappa shape index (κ3) is 4.78. The van der Waals surface area contributed by atoms with E-state index in [4.69, 9.17) is 4.74 Å². The molecule has 2 aromatic rings. The number of hydrogen-bond donors (Lipinski definition) is 2. The highest BCUT2D eigenvalue weighted by atomic mass is 16.5. The second-order valence-electron chi connectivity index (χ2n) is 6.74. The first-order valence-electron chi connectivity index (χ1n) is 9.15. The van der Waals surface area contributed by atoms with Crippen molar-refractivity contribution in [2.24, 2.45) is 5.92 Å². The summed E-state index contributed by atoms with van der Waals surface area (Å²) >= 11 is 0. The van der Waals surface area contributed by atoms with Crippen LogP contribution in [0.15, 0.2) is 24.3 Å². The molecule has 2 amide bonds. The monoisotopic (exact) mass is 358 g/mol. The minimum Gasteiger partial charge on any atom is -0.376 e. The molecule has 1 heterocycles. The predicted octanol–water partition coefficient (Wildman–Crippen LogP) is 2.69. The summed E-state index contributed by atoms with van der Waals surface area (Å²) in [5.74, 6) is 1.29. The number of carbonyl (C=O) groups is 1. The molecule has 8 heteroatoms. The third-order valence-corrected chi connectivity index (χ3v) is 4.73. The van der Waals surface area contributed by atoms with Crippen molar-refractivity contribution in [3.8, 4) is 5.69 Å². The number of urea groups is 1. The maximum Gasteiger partial charge on any atom is 0.319 e. The van der Waals surface area contributed by atoms with Gasteiger partial charge in [0.1, 0.15) is 0 Å². The Kier molecular flexibility index (Phi) is 6.17. The number of aromatic nitrogens is 4. The lowest BCUT2D eigenvalue weighted by atomic mass is 9.88. The first kappa shape index (κ1) is 18.3. The fourth-order valence-electron chi connectivity index (χ4n) is 3.27. The Bertz CT molecular complexity index is 732. The first-order chi connectivity index (χ1) is 12.6. The van der Waals surface area contributed by atoms with Gasteiger partial charge in [-0.25, -0.2) is 4.79 Å². The van der Waals surface area contributed by atoms with Crippen molar-refractivity contribution in [1.82, 2.24) is 25.5 Å². The van der Waals surface area contributed by atoms with Gasteiger partial charge in [-0.2, -0.15) is 4.68 Å². The van der Waals surface area contributed by atoms with Crippen LogP contribution in [0.2, 0.25) is 0 Å². The molecule has 0 spiro atoms. The minimum atomic E-state index is -0.254. The lowest BCUT2D eigenvalue weighted by Gasteiger charge is -2.28. The number of ether oxygens (including phenoxy) is 1. The fourth-order valence-corrected chi connectivity index (χ4v) is 3.27. The van der Waals surface area contributed by atoms with Crippen molar-refractivity contribution in [2.45, 2.75) is 45.6 Å². The van der Waals surface area contributed by atoms with E-state index in [2.05, 4.69) is 33.1 Å². The molecule has 2 atom stereocenters. The molecular weight excluding hydrogens is 332 g/mol. The SMILES string of the molecule is Cc1nnnn1-c1cccc(NC(=O)NCCO[C@@H]2CCCC[C@@H]2C)c1. The molecule has 1 aromatic heterocycles. The lowest BCUT2D eigenvalue weighted by Crippen LogP contribution is -2.34. The fraction of sp³-hybridized carbons (Fsp3) is 0.556. The normalized spacial score (nSPS) is 19.9. The van der Waals surface area contributed by atoms with E-state index in [0.717, 1.165) is 12.1 Å². The van der Waals surface area contributed by atoms with Gasteiger partial charge in [-0.05, 0) is 54.3 Å². The largest absolute Gasteiger partial charge is 0.376 e. The summed E-state index contributed by atoms with van der Waals surface area (Å²) in [6.45, 7) is 5.08. The molecule has 1 saturated carbocycles. The maximum atomic E-state index is 12.1. The Labute approximate surface area is 153 Å². The summed E-state index contributed by atoms with van der Waals surface area (Å²) in [4.78, 5) is 12.1. The third-order valence-electron chi connectivity index (χ3n) is 4.73. The number of tetrazole rings is 1. The average molecular weight is 358 g/mol. The van der Waals surface area contributed by atoms with Crippen LogP contribution in [0.1, 0.15) is 38.4 Å². The molecular formula is C18H26N6O2. The summed E-state index contributed by atoms with van der Waals surface area (Å²) in [6, 6.07) is 7.12. The van der Waals surface area contributed by atoms with E-state index in [1.807, 2.05) is 31.2 Å². The second kappa shape index (κ2) is 8.75. The van der Waals surface area contributed by atoms with E-state index in [-0.39, 0.29) is 6.03 Å². The summed E-state index contributed by atoms with van der Waals surface area (Å²) in [7, 11) is 0. The lowest BCUT2D eigenvalue weighted by molar-refractivity contribution is -0.00232. The van der Waals surface area contributed by atoms with Gasteiger partial charge in [-0.3, -0.25) is 0 Å². The predicted molar refractivity (Wildman–Crippen MR) is 98.3 cm³/mol. The van der Waals surface area contributed by atoms with Gasteiger partial charge in [-0.15, -0.1) is 5.10 Å². The van der Waals surface area contributed by atoms with Gasteiger partial charge in [0.2, 0.25) is 0 Å². The Hall–Kier alpha value is -2.48. The zero-order valence-electron chi connectivity index (χ0n) is 15.3. The maximum absolute atomic E-state index is 12.1. The van der Waals surface area contributed by atoms with Gasteiger partial charge < -0.3 is 15.4 Å². The molecule has 26 heavy (non-hydrogen) atoms. The van der Waals surface area contributed by atoms with Crippen LogP contribution in [0.5, 0.6) is 0 Å². The van der Waals surface area contributed by atoms with Crippen molar-refractivity contribution in [1.29, 1.82) is 0 Å². The van der Waals surface area contributed by atoms with Gasteiger partial charge in [0.25, 0.3) is 0 Å². The smallest absolute Gasteiger partial charge is 0.319 e. The zero-order chi connectivity index (χ0) is 18.4. The molecule has 8 nitrogen and oxygen atoms in total. The van der Waals surface area contributed by atoms with Crippen molar-refractivity contribution < 1.29 is 9.53 Å². The number of aryl methyl sites for hydroxylation is 1. The van der Waals surface area contributed by atoms with Crippen LogP contribution in [0, 0.1) is 12.8 Å². The van der Waals surface area contributed by atoms with E-state index in [1.165, 1.54) is 19.3 Å². The van der Waals surface area contributed by atoms with Crippen LogP contribution < -0.4 is 10.6 Å². The number of benzene rings is 1. The van der Waals surface area contributed by atoms with Crippen LogP contribution in [0.25, 0.3) is 5.69 Å². The van der Waals surface area contributed by atoms with Crippen LogP contribution >= 0.6 is 0 Å². The minimum absolute atomic E-state index is 0.254. The highest BCUT2D eigenvalue weighted by Gasteiger charge is 2.21. The molecule has 0 radical (unpaired) electrons. The van der Waals surface area contributed by atoms with Crippen LogP contribution in [-0.4, -0.2) is 45.5 Å². The quantitative estimate of drug-likeness (QED) is 0.774. The van der Waals surface area contributed by atoms with Crippen molar-refractivity contribution in [2.75, 3.05) is 18.5 Å². The zero-order valence-corrected chi connectivity index (χ0v) is 15.3. The molecule has 140 valence electrons. The number of rotatable bonds is 6. The Morgan fingerprint density at radius 3 is 2.96 bits per heavy atom. The van der Waals surface area contributed by atoms with Gasteiger partial charge >= 0.3 is 6.03 Å². The van der Waals surface area contributed by atoms with E-state index in [9.17, 15) is 4.79 Å². The Morgan fingerprint density at radius 1 is 1.35 bits per heavy atom. The average Bonchev–Trinajstić information content (AvgIpc) is 3.06. The van der Waals surface area contributed by atoms with Crippen molar-refractivity contribution in [3.63, 3.8) is 0 Å². The van der Waals surface area contributed by atoms with Crippen LogP contribution in [0.4, 0.5) is 10.5 Å². The summed E-state index contributed by atoms with van der Waals surface area (Å²) in [6.07, 6.45) is 5.21. The van der Waals surface area contributed by atoms with E-state index in [1.54, 1.807) is 4.68 Å². The molecule has 1 aliphatic rings. The number of anilines is 1. The standard InChI is InChI=1S/C18H26N6O2/c1-13-6-3-4-9-17(13)26-11-10-19-18(25)20-15-7-5-8-16(12-15)24-14(2)21-22-23-24/h5,7-8,12-13,17H,3-4,6,9-11H2,1-2H3,(H2,19,20,25)/t13-,17+/m0/s1. The van der Waals surface area contributed by atoms with E-state index < -0.39 is 0 Å². The molecule has 0 saturated heterocycles. The number of amides is 2. The summed E-state index contributed by atoms with van der Waals surface area (Å²) in [5, 5.41) is 17.1. The molecule has 1 fully saturated rings. The number of hydrogen-bond acceptors (Lipinski definition) is 5. The first-order valence-corrected chi connectivity index (χ1v) is 9.15. The van der Waals surface area contributed by atoms with Gasteiger partial charge in [0.15, 0.2) is 5.82 Å². The number of nitrogens with zero attached hydrogens (tertiary/aromatic N) is 4. The van der Waals surface area contributed by atoms with Crippen LogP contribution in [0.3, 0.4) is 0 Å². The topological polar surface area (TPSA) is 94.0 Å². The molecule has 3 rings (SSSR count). The Balaban J connectivity index is 1.44. The van der Waals surface area contributed by atoms with Crippen molar-refractivity contribution >= 4 is 11.7 Å². The molecule has 1 aliphatic carbocycles. The molecule has 0 unspecified atom stereocenters. The number of carbonyl (C=O) groups excluding carboxylic acids is 1. The molecule has 0 aliphatic heterocycles. The summed E-state index contributed by atoms with van der Waals surface area (Å²) in [5.41, 5.74) is 1.47. The molecule has 1 aromatic carbocycles. The molecule has 2 N–H and O–H groups in total. The van der Waals surface area contributed by atoms with Gasteiger partial charge in [0, 0.05) is 12.2 Å². The highest BCUT2D eigenvalue weighted by molar-refractivity contribution is 5.89. The number of nitrogens with one attached hydrogen (secondary N) is 2. The Morgan fingerprint density at radius 2 is 2.19 bits per heavy atom. The highest BCUT2D eigenvalue weighted by Crippen LogP contribution is 2.26. The van der Waals surface area contributed by atoms with Crippen LogP contribution in [-0.2, 0) is 4.74 Å². The summed E-state index contributed by atoms with van der Waals surface area (Å²) < 4.78 is 7.52. The van der Waals surface area contributed by atoms with E-state index >= 15 is 0 Å². The van der Waals surface area contributed by atoms with E-state index in [0.29, 0.717) is 36.7 Å². The van der Waals surface area contributed by atoms with Gasteiger partial charge in [0.05, 0.1) is 18.4 Å². The van der Waals surface area contributed by atoms with Crippen molar-refractivity contribution in [3.05, 3.63) is 30.1 Å². The molecule has 0 bridgehead atoms.